The van der Waals surface area contributed by atoms with E-state index >= 15 is 0 Å². The second-order valence-corrected chi connectivity index (χ2v) is 4.37. The minimum atomic E-state index is -0.494. The summed E-state index contributed by atoms with van der Waals surface area (Å²) < 4.78 is 7.43. The summed E-state index contributed by atoms with van der Waals surface area (Å²) in [6, 6.07) is 4.72. The molecule has 3 rings (SSSR count). The largest absolute Gasteiger partial charge is 0.419 e. The summed E-state index contributed by atoms with van der Waals surface area (Å²) in [5, 5.41) is 14.8. The van der Waals surface area contributed by atoms with Crippen LogP contribution >= 0.6 is 0 Å². The van der Waals surface area contributed by atoms with Crippen LogP contribution in [0.4, 0.5) is 5.69 Å². The molecule has 1 aliphatic heterocycles. The molecule has 0 aromatic carbocycles. The first-order chi connectivity index (χ1) is 9.22. The molecule has 0 N–H and O–H groups in total. The number of nitro groups is 1. The van der Waals surface area contributed by atoms with Gasteiger partial charge in [-0.25, -0.2) is 4.98 Å². The van der Waals surface area contributed by atoms with Crippen molar-refractivity contribution < 1.29 is 9.66 Å². The van der Waals surface area contributed by atoms with Gasteiger partial charge in [0.25, 0.3) is 5.69 Å². The van der Waals surface area contributed by atoms with E-state index in [9.17, 15) is 10.1 Å². The second kappa shape index (κ2) is 4.68. The van der Waals surface area contributed by atoms with Gasteiger partial charge in [0.05, 0.1) is 4.92 Å². The highest BCUT2D eigenvalue weighted by Gasteiger charge is 2.14. The maximum Gasteiger partial charge on any atom is 0.287 e. The Kier molecular flexibility index (Phi) is 2.86. The predicted octanol–water partition coefficient (Wildman–Crippen LogP) is 2.31. The number of aryl methyl sites for hydroxylation is 2. The number of pyridine rings is 1. The van der Waals surface area contributed by atoms with E-state index in [0.29, 0.717) is 11.8 Å². The molecule has 2 aromatic rings. The van der Waals surface area contributed by atoms with E-state index in [1.165, 1.54) is 24.8 Å². The summed E-state index contributed by atoms with van der Waals surface area (Å²) in [4.78, 5) is 13.9. The zero-order chi connectivity index (χ0) is 13.2. The molecule has 0 unspecified atom stereocenters. The molecule has 0 amide bonds. The molecule has 0 aliphatic carbocycles. The van der Waals surface area contributed by atoms with Gasteiger partial charge in [-0.1, -0.05) is 0 Å². The Balaban J connectivity index is 1.77. The van der Waals surface area contributed by atoms with Crippen molar-refractivity contribution in [1.29, 1.82) is 0 Å². The van der Waals surface area contributed by atoms with Gasteiger partial charge in [-0.3, -0.25) is 14.8 Å². The van der Waals surface area contributed by atoms with Crippen molar-refractivity contribution in [3.05, 3.63) is 40.2 Å². The number of ether oxygens (including phenoxy) is 1. The number of aromatic nitrogens is 3. The van der Waals surface area contributed by atoms with Gasteiger partial charge in [-0.05, 0) is 19.3 Å². The molecule has 0 radical (unpaired) electrons. The number of nitrogens with zero attached hydrogens (tertiary/aromatic N) is 4. The number of rotatable bonds is 3. The number of hydrogen-bond donors (Lipinski definition) is 0. The molecule has 7 heteroatoms. The third-order valence-corrected chi connectivity index (χ3v) is 3.03. The Morgan fingerprint density at radius 1 is 1.32 bits per heavy atom. The number of fused-ring (bicyclic) bond motifs is 1. The Bertz CT molecular complexity index is 582. The SMILES string of the molecule is O=[N+]([O-])c1ccc(Oc2cc3n(n2)CCCC3)nc1. The van der Waals surface area contributed by atoms with Crippen LogP contribution in [0.25, 0.3) is 0 Å². The molecule has 0 bridgehead atoms. The molecule has 7 nitrogen and oxygen atoms in total. The Labute approximate surface area is 109 Å². The summed E-state index contributed by atoms with van der Waals surface area (Å²) in [6.07, 6.45) is 4.47. The lowest BCUT2D eigenvalue weighted by atomic mass is 10.1. The third-order valence-electron chi connectivity index (χ3n) is 3.03. The lowest BCUT2D eigenvalue weighted by molar-refractivity contribution is -0.385. The lowest BCUT2D eigenvalue weighted by Gasteiger charge is -2.11. The van der Waals surface area contributed by atoms with Gasteiger partial charge < -0.3 is 4.74 Å². The molecule has 19 heavy (non-hydrogen) atoms. The van der Waals surface area contributed by atoms with E-state index < -0.39 is 4.92 Å². The molecule has 2 aromatic heterocycles. The number of hydrogen-bond acceptors (Lipinski definition) is 5. The van der Waals surface area contributed by atoms with Crippen LogP contribution in [-0.2, 0) is 13.0 Å². The highest BCUT2D eigenvalue weighted by molar-refractivity contribution is 5.31. The van der Waals surface area contributed by atoms with E-state index in [0.717, 1.165) is 25.1 Å². The van der Waals surface area contributed by atoms with Gasteiger partial charge in [0.2, 0.25) is 11.8 Å². The summed E-state index contributed by atoms with van der Waals surface area (Å²) >= 11 is 0. The van der Waals surface area contributed by atoms with Crippen LogP contribution in [0, 0.1) is 10.1 Å². The second-order valence-electron chi connectivity index (χ2n) is 4.37. The van der Waals surface area contributed by atoms with Crippen molar-refractivity contribution in [1.82, 2.24) is 14.8 Å². The fraction of sp³-hybridized carbons (Fsp3) is 0.333. The minimum absolute atomic E-state index is 0.0588. The summed E-state index contributed by atoms with van der Waals surface area (Å²) in [7, 11) is 0. The standard InChI is InChI=1S/C12H12N4O3/c17-16(18)10-4-5-11(13-8-10)19-12-7-9-3-1-2-6-15(9)14-12/h4-5,7-8H,1-3,6H2. The molecular formula is C12H12N4O3. The van der Waals surface area contributed by atoms with Crippen molar-refractivity contribution in [3.8, 4) is 11.8 Å². The first-order valence-corrected chi connectivity index (χ1v) is 6.07. The van der Waals surface area contributed by atoms with Gasteiger partial charge in [-0.15, -0.1) is 5.10 Å². The van der Waals surface area contributed by atoms with Crippen LogP contribution < -0.4 is 4.74 Å². The zero-order valence-corrected chi connectivity index (χ0v) is 10.2. The van der Waals surface area contributed by atoms with Crippen LogP contribution in [0.15, 0.2) is 24.4 Å². The average molecular weight is 260 g/mol. The van der Waals surface area contributed by atoms with Crippen molar-refractivity contribution in [2.24, 2.45) is 0 Å². The van der Waals surface area contributed by atoms with E-state index in [-0.39, 0.29) is 5.69 Å². The molecule has 0 spiro atoms. The Morgan fingerprint density at radius 3 is 2.89 bits per heavy atom. The minimum Gasteiger partial charge on any atom is -0.419 e. The summed E-state index contributed by atoms with van der Waals surface area (Å²) in [5.41, 5.74) is 1.10. The van der Waals surface area contributed by atoms with Crippen LogP contribution in [0.5, 0.6) is 11.8 Å². The molecular weight excluding hydrogens is 248 g/mol. The topological polar surface area (TPSA) is 83.1 Å². The third kappa shape index (κ3) is 2.40. The van der Waals surface area contributed by atoms with Crippen LogP contribution in [0.2, 0.25) is 0 Å². The first kappa shape index (κ1) is 11.6. The van der Waals surface area contributed by atoms with E-state index in [1.807, 2.05) is 10.7 Å². The van der Waals surface area contributed by atoms with E-state index in [1.54, 1.807) is 0 Å². The lowest BCUT2D eigenvalue weighted by Crippen LogP contribution is -2.10. The molecule has 98 valence electrons. The quantitative estimate of drug-likeness (QED) is 0.624. The maximum absolute atomic E-state index is 10.5. The molecule has 0 fully saturated rings. The first-order valence-electron chi connectivity index (χ1n) is 6.07. The van der Waals surface area contributed by atoms with Gasteiger partial charge >= 0.3 is 0 Å². The predicted molar refractivity (Wildman–Crippen MR) is 66.1 cm³/mol. The van der Waals surface area contributed by atoms with Gasteiger partial charge in [0, 0.05) is 30.4 Å². The zero-order valence-electron chi connectivity index (χ0n) is 10.2. The van der Waals surface area contributed by atoms with E-state index in [2.05, 4.69) is 10.1 Å². The molecule has 3 heterocycles. The fourth-order valence-electron chi connectivity index (χ4n) is 2.09. The normalized spacial score (nSPS) is 13.9. The average Bonchev–Trinajstić information content (AvgIpc) is 2.81. The summed E-state index contributed by atoms with van der Waals surface area (Å²) in [6.45, 7) is 0.909. The monoisotopic (exact) mass is 260 g/mol. The van der Waals surface area contributed by atoms with Gasteiger partial charge in [0.1, 0.15) is 6.20 Å². The highest BCUT2D eigenvalue weighted by Crippen LogP contribution is 2.23. The van der Waals surface area contributed by atoms with Crippen molar-refractivity contribution in [3.63, 3.8) is 0 Å². The van der Waals surface area contributed by atoms with Crippen LogP contribution in [-0.4, -0.2) is 19.7 Å². The molecule has 0 saturated carbocycles. The van der Waals surface area contributed by atoms with Crippen LogP contribution in [0.1, 0.15) is 18.5 Å². The van der Waals surface area contributed by atoms with Crippen molar-refractivity contribution >= 4 is 5.69 Å². The van der Waals surface area contributed by atoms with Crippen molar-refractivity contribution in [2.45, 2.75) is 25.8 Å². The summed E-state index contributed by atoms with van der Waals surface area (Å²) in [5.74, 6) is 0.791. The Hall–Kier alpha value is -2.44. The van der Waals surface area contributed by atoms with Gasteiger partial charge in [0.15, 0.2) is 0 Å². The van der Waals surface area contributed by atoms with Crippen LogP contribution in [0.3, 0.4) is 0 Å². The van der Waals surface area contributed by atoms with Crippen molar-refractivity contribution in [2.75, 3.05) is 0 Å². The Morgan fingerprint density at radius 2 is 2.21 bits per heavy atom. The smallest absolute Gasteiger partial charge is 0.287 e. The van der Waals surface area contributed by atoms with E-state index in [4.69, 9.17) is 4.74 Å². The maximum atomic E-state index is 10.5. The molecule has 0 atom stereocenters. The fourth-order valence-corrected chi connectivity index (χ4v) is 2.09. The molecule has 1 aliphatic rings. The highest BCUT2D eigenvalue weighted by atomic mass is 16.6. The molecule has 0 saturated heterocycles. The van der Waals surface area contributed by atoms with Gasteiger partial charge in [-0.2, -0.15) is 0 Å².